The number of halogens is 1. The molecule has 1 aromatic heterocycles. The Morgan fingerprint density at radius 2 is 2.00 bits per heavy atom. The molecule has 0 fully saturated rings. The average Bonchev–Trinajstić information content (AvgIpc) is 2.45. The van der Waals surface area contributed by atoms with Crippen molar-refractivity contribution in [2.75, 3.05) is 7.11 Å². The molecule has 4 heteroatoms. The second-order valence-electron chi connectivity index (χ2n) is 4.18. The third-order valence-electron chi connectivity index (χ3n) is 2.70. The van der Waals surface area contributed by atoms with E-state index in [4.69, 9.17) is 21.1 Å². The smallest absolute Gasteiger partial charge is 0.161 e. The lowest BCUT2D eigenvalue weighted by Crippen LogP contribution is -2.00. The number of rotatable bonds is 5. The fourth-order valence-corrected chi connectivity index (χ4v) is 1.91. The van der Waals surface area contributed by atoms with E-state index in [1.54, 1.807) is 7.11 Å². The minimum atomic E-state index is 0.415. The van der Waals surface area contributed by atoms with Gasteiger partial charge in [-0.05, 0) is 36.8 Å². The number of alkyl halides is 1. The number of methoxy groups -OCH3 is 1. The second-order valence-corrected chi connectivity index (χ2v) is 4.45. The lowest BCUT2D eigenvalue weighted by molar-refractivity contribution is 0.280. The summed E-state index contributed by atoms with van der Waals surface area (Å²) in [6.45, 7) is 2.37. The highest BCUT2D eigenvalue weighted by atomic mass is 35.5. The van der Waals surface area contributed by atoms with Crippen molar-refractivity contribution < 1.29 is 9.47 Å². The third kappa shape index (κ3) is 3.61. The van der Waals surface area contributed by atoms with Crippen LogP contribution in [0.3, 0.4) is 0 Å². The molecule has 0 N–H and O–H groups in total. The highest BCUT2D eigenvalue weighted by Gasteiger charge is 2.06. The molecule has 0 aliphatic heterocycles. The number of hydrogen-bond acceptors (Lipinski definition) is 3. The normalized spacial score (nSPS) is 10.3. The summed E-state index contributed by atoms with van der Waals surface area (Å²) in [5, 5.41) is 0. The maximum Gasteiger partial charge on any atom is 0.161 e. The summed E-state index contributed by atoms with van der Waals surface area (Å²) in [5.41, 5.74) is 2.87. The minimum absolute atomic E-state index is 0.415. The molecule has 0 aliphatic rings. The van der Waals surface area contributed by atoms with Gasteiger partial charge in [-0.1, -0.05) is 12.1 Å². The fraction of sp³-hybridized carbons (Fsp3) is 0.267. The van der Waals surface area contributed by atoms with Crippen LogP contribution in [0, 0.1) is 6.92 Å². The Bertz CT molecular complexity index is 558. The van der Waals surface area contributed by atoms with Crippen LogP contribution in [0.1, 0.15) is 17.0 Å². The minimum Gasteiger partial charge on any atom is -0.493 e. The predicted octanol–water partition coefficient (Wildman–Crippen LogP) is 3.72. The molecule has 100 valence electrons. The van der Waals surface area contributed by atoms with E-state index in [0.29, 0.717) is 24.0 Å². The quantitative estimate of drug-likeness (QED) is 0.781. The van der Waals surface area contributed by atoms with Crippen LogP contribution in [0.5, 0.6) is 11.5 Å². The zero-order valence-corrected chi connectivity index (χ0v) is 11.8. The molecule has 0 saturated heterocycles. The summed E-state index contributed by atoms with van der Waals surface area (Å²) < 4.78 is 11.0. The Kier molecular flexibility index (Phi) is 4.63. The largest absolute Gasteiger partial charge is 0.493 e. The van der Waals surface area contributed by atoms with Crippen molar-refractivity contribution in [1.82, 2.24) is 4.98 Å². The SMILES string of the molecule is COc1cc(CCl)ccc1OCc1cccc(C)n1. The van der Waals surface area contributed by atoms with Crippen molar-refractivity contribution >= 4 is 11.6 Å². The van der Waals surface area contributed by atoms with Crippen molar-refractivity contribution in [2.24, 2.45) is 0 Å². The first-order chi connectivity index (χ1) is 9.22. The topological polar surface area (TPSA) is 31.4 Å². The van der Waals surface area contributed by atoms with E-state index in [1.165, 1.54) is 0 Å². The molecule has 0 atom stereocenters. The molecule has 2 aromatic rings. The van der Waals surface area contributed by atoms with Crippen LogP contribution in [-0.2, 0) is 12.5 Å². The Hall–Kier alpha value is -1.74. The van der Waals surface area contributed by atoms with Crippen molar-refractivity contribution in [3.05, 3.63) is 53.3 Å². The van der Waals surface area contributed by atoms with Crippen LogP contribution in [0.2, 0.25) is 0 Å². The van der Waals surface area contributed by atoms with Gasteiger partial charge in [0, 0.05) is 11.6 Å². The van der Waals surface area contributed by atoms with Crippen molar-refractivity contribution in [1.29, 1.82) is 0 Å². The van der Waals surface area contributed by atoms with Crippen LogP contribution >= 0.6 is 11.6 Å². The summed E-state index contributed by atoms with van der Waals surface area (Å²) in [4.78, 5) is 4.39. The molecule has 1 heterocycles. The van der Waals surface area contributed by atoms with Gasteiger partial charge in [-0.3, -0.25) is 4.98 Å². The lowest BCUT2D eigenvalue weighted by atomic mass is 10.2. The van der Waals surface area contributed by atoms with Gasteiger partial charge in [-0.2, -0.15) is 0 Å². The third-order valence-corrected chi connectivity index (χ3v) is 3.01. The van der Waals surface area contributed by atoms with Gasteiger partial charge in [0.25, 0.3) is 0 Å². The van der Waals surface area contributed by atoms with Crippen LogP contribution in [0.15, 0.2) is 36.4 Å². The number of pyridine rings is 1. The highest BCUT2D eigenvalue weighted by Crippen LogP contribution is 2.29. The van der Waals surface area contributed by atoms with Crippen LogP contribution < -0.4 is 9.47 Å². The molecule has 0 spiro atoms. The maximum atomic E-state index is 5.79. The Labute approximate surface area is 118 Å². The van der Waals surface area contributed by atoms with Gasteiger partial charge in [-0.25, -0.2) is 0 Å². The molecule has 1 aromatic carbocycles. The van der Waals surface area contributed by atoms with Crippen LogP contribution in [0.25, 0.3) is 0 Å². The monoisotopic (exact) mass is 277 g/mol. The van der Waals surface area contributed by atoms with E-state index < -0.39 is 0 Å². The molecule has 0 radical (unpaired) electrons. The van der Waals surface area contributed by atoms with Gasteiger partial charge < -0.3 is 9.47 Å². The van der Waals surface area contributed by atoms with E-state index in [-0.39, 0.29) is 0 Å². The summed E-state index contributed by atoms with van der Waals surface area (Å²) >= 11 is 5.79. The van der Waals surface area contributed by atoms with Gasteiger partial charge in [0.05, 0.1) is 12.8 Å². The first kappa shape index (κ1) is 13.7. The zero-order valence-electron chi connectivity index (χ0n) is 11.0. The molecular formula is C15H16ClNO2. The zero-order chi connectivity index (χ0) is 13.7. The molecule has 3 nitrogen and oxygen atoms in total. The van der Waals surface area contributed by atoms with Crippen molar-refractivity contribution in [3.8, 4) is 11.5 Å². The highest BCUT2D eigenvalue weighted by molar-refractivity contribution is 6.17. The van der Waals surface area contributed by atoms with Gasteiger partial charge in [0.1, 0.15) is 6.61 Å². The van der Waals surface area contributed by atoms with Gasteiger partial charge in [0.2, 0.25) is 0 Å². The molecular weight excluding hydrogens is 262 g/mol. The van der Waals surface area contributed by atoms with Crippen molar-refractivity contribution in [2.45, 2.75) is 19.4 Å². The fourth-order valence-electron chi connectivity index (χ4n) is 1.75. The standard InChI is InChI=1S/C15H16ClNO2/c1-11-4-3-5-13(17-11)10-19-14-7-6-12(9-16)8-15(14)18-2/h3-8H,9-10H2,1-2H3. The van der Waals surface area contributed by atoms with Gasteiger partial charge in [0.15, 0.2) is 11.5 Å². The summed E-state index contributed by atoms with van der Waals surface area (Å²) in [6, 6.07) is 11.5. The molecule has 0 amide bonds. The van der Waals surface area contributed by atoms with E-state index in [1.807, 2.05) is 43.3 Å². The molecule has 19 heavy (non-hydrogen) atoms. The first-order valence-corrected chi connectivity index (χ1v) is 6.54. The summed E-state index contributed by atoms with van der Waals surface area (Å²) in [6.07, 6.45) is 0. The van der Waals surface area contributed by atoms with Gasteiger partial charge in [-0.15, -0.1) is 11.6 Å². The van der Waals surface area contributed by atoms with Crippen LogP contribution in [-0.4, -0.2) is 12.1 Å². The van der Waals surface area contributed by atoms with E-state index in [9.17, 15) is 0 Å². The number of aromatic nitrogens is 1. The number of nitrogens with zero attached hydrogens (tertiary/aromatic N) is 1. The Morgan fingerprint density at radius 1 is 1.16 bits per heavy atom. The maximum absolute atomic E-state index is 5.79. The number of aryl methyl sites for hydroxylation is 1. The van der Waals surface area contributed by atoms with Gasteiger partial charge >= 0.3 is 0 Å². The average molecular weight is 278 g/mol. The number of ether oxygens (including phenoxy) is 2. The molecule has 0 unspecified atom stereocenters. The molecule has 2 rings (SSSR count). The van der Waals surface area contributed by atoms with Crippen molar-refractivity contribution in [3.63, 3.8) is 0 Å². The first-order valence-electron chi connectivity index (χ1n) is 6.01. The molecule has 0 saturated carbocycles. The molecule has 0 bridgehead atoms. The summed E-state index contributed by atoms with van der Waals surface area (Å²) in [5.74, 6) is 1.83. The molecule has 0 aliphatic carbocycles. The summed E-state index contributed by atoms with van der Waals surface area (Å²) in [7, 11) is 1.62. The van der Waals surface area contributed by atoms with E-state index in [0.717, 1.165) is 17.0 Å². The van der Waals surface area contributed by atoms with E-state index >= 15 is 0 Å². The predicted molar refractivity (Wildman–Crippen MR) is 75.9 cm³/mol. The lowest BCUT2D eigenvalue weighted by Gasteiger charge is -2.11. The Morgan fingerprint density at radius 3 is 2.68 bits per heavy atom. The second kappa shape index (κ2) is 6.43. The Balaban J connectivity index is 2.11. The number of benzene rings is 1. The number of hydrogen-bond donors (Lipinski definition) is 0. The van der Waals surface area contributed by atoms with E-state index in [2.05, 4.69) is 4.98 Å². The van der Waals surface area contributed by atoms with Crippen LogP contribution in [0.4, 0.5) is 0 Å².